The average molecular weight is 268 g/mol. The summed E-state index contributed by atoms with van der Waals surface area (Å²) in [5, 5.41) is 0. The van der Waals surface area contributed by atoms with Gasteiger partial charge in [-0.1, -0.05) is 57.8 Å². The molecule has 1 saturated carbocycles. The Morgan fingerprint density at radius 1 is 0.947 bits per heavy atom. The van der Waals surface area contributed by atoms with Crippen LogP contribution in [0, 0.1) is 0 Å². The lowest BCUT2D eigenvalue weighted by atomic mass is 9.97. The van der Waals surface area contributed by atoms with Crippen LogP contribution in [0.5, 0.6) is 0 Å². The van der Waals surface area contributed by atoms with Gasteiger partial charge in [-0.05, 0) is 12.8 Å². The zero-order valence-electron chi connectivity index (χ0n) is 12.7. The van der Waals surface area contributed by atoms with Crippen molar-refractivity contribution in [2.24, 2.45) is 5.73 Å². The maximum atomic E-state index is 11.8. The van der Waals surface area contributed by atoms with Gasteiger partial charge in [0, 0.05) is 26.1 Å². The molecule has 0 radical (unpaired) electrons. The van der Waals surface area contributed by atoms with Crippen LogP contribution in [0.4, 0.5) is 0 Å². The lowest BCUT2D eigenvalue weighted by Crippen LogP contribution is -2.42. The van der Waals surface area contributed by atoms with Gasteiger partial charge in [0.1, 0.15) is 0 Å². The molecular formula is C16H32N2O. The second-order valence-corrected chi connectivity index (χ2v) is 5.91. The van der Waals surface area contributed by atoms with Crippen molar-refractivity contribution in [2.75, 3.05) is 13.1 Å². The van der Waals surface area contributed by atoms with Crippen LogP contribution in [0.15, 0.2) is 0 Å². The van der Waals surface area contributed by atoms with Gasteiger partial charge in [-0.3, -0.25) is 4.79 Å². The van der Waals surface area contributed by atoms with Crippen LogP contribution in [0.2, 0.25) is 0 Å². The summed E-state index contributed by atoms with van der Waals surface area (Å²) in [6.45, 7) is 2.99. The van der Waals surface area contributed by atoms with Gasteiger partial charge in [0.2, 0.25) is 5.91 Å². The van der Waals surface area contributed by atoms with E-state index >= 15 is 0 Å². The van der Waals surface area contributed by atoms with Gasteiger partial charge in [0.05, 0.1) is 0 Å². The summed E-state index contributed by atoms with van der Waals surface area (Å²) in [7, 11) is 0. The van der Waals surface area contributed by atoms with E-state index in [-0.39, 0.29) is 5.91 Å². The first-order chi connectivity index (χ1) is 9.25. The maximum Gasteiger partial charge on any atom is 0.219 e. The largest absolute Gasteiger partial charge is 0.339 e. The molecule has 0 unspecified atom stereocenters. The number of carbonyl (C=O) groups excluding carboxylic acids is 1. The van der Waals surface area contributed by atoms with E-state index in [0.717, 1.165) is 6.54 Å². The highest BCUT2D eigenvalue weighted by Gasteiger charge is 2.19. The molecule has 0 aromatic carbocycles. The van der Waals surface area contributed by atoms with E-state index in [4.69, 9.17) is 5.73 Å². The molecule has 1 aliphatic carbocycles. The first-order valence-electron chi connectivity index (χ1n) is 8.23. The summed E-state index contributed by atoms with van der Waals surface area (Å²) in [4.78, 5) is 13.8. The fourth-order valence-corrected chi connectivity index (χ4v) is 3.19. The van der Waals surface area contributed by atoms with Crippen LogP contribution in [-0.2, 0) is 4.79 Å². The highest BCUT2D eigenvalue weighted by Crippen LogP contribution is 2.20. The smallest absolute Gasteiger partial charge is 0.219 e. The van der Waals surface area contributed by atoms with Crippen LogP contribution in [0.1, 0.15) is 77.6 Å². The van der Waals surface area contributed by atoms with E-state index in [1.807, 2.05) is 4.90 Å². The maximum absolute atomic E-state index is 11.8. The number of rotatable bonds is 3. The van der Waals surface area contributed by atoms with Gasteiger partial charge in [0.15, 0.2) is 0 Å². The van der Waals surface area contributed by atoms with Crippen molar-refractivity contribution in [2.45, 2.75) is 83.6 Å². The molecule has 19 heavy (non-hydrogen) atoms. The van der Waals surface area contributed by atoms with Gasteiger partial charge < -0.3 is 10.6 Å². The Labute approximate surface area is 118 Å². The highest BCUT2D eigenvalue weighted by atomic mass is 16.2. The summed E-state index contributed by atoms with van der Waals surface area (Å²) in [6, 6.07) is 0.431. The van der Waals surface area contributed by atoms with E-state index in [0.29, 0.717) is 12.6 Å². The summed E-state index contributed by atoms with van der Waals surface area (Å²) in [6.07, 6.45) is 14.4. The van der Waals surface area contributed by atoms with Gasteiger partial charge in [0.25, 0.3) is 0 Å². The number of carbonyl (C=O) groups is 1. The van der Waals surface area contributed by atoms with E-state index in [9.17, 15) is 4.79 Å². The lowest BCUT2D eigenvalue weighted by molar-refractivity contribution is -0.131. The minimum absolute atomic E-state index is 0.197. The van der Waals surface area contributed by atoms with Gasteiger partial charge in [-0.15, -0.1) is 0 Å². The third-order valence-corrected chi connectivity index (χ3v) is 4.29. The van der Waals surface area contributed by atoms with Gasteiger partial charge in [-0.25, -0.2) is 0 Å². The Kier molecular flexibility index (Phi) is 8.89. The van der Waals surface area contributed by atoms with Crippen LogP contribution >= 0.6 is 0 Å². The molecule has 1 fully saturated rings. The van der Waals surface area contributed by atoms with Crippen LogP contribution in [-0.4, -0.2) is 29.9 Å². The Balaban J connectivity index is 2.50. The van der Waals surface area contributed by atoms with Gasteiger partial charge >= 0.3 is 0 Å². The molecule has 112 valence electrons. The van der Waals surface area contributed by atoms with Crippen molar-refractivity contribution in [3.05, 3.63) is 0 Å². The molecule has 1 aliphatic rings. The molecule has 0 saturated heterocycles. The number of hydrogen-bond acceptors (Lipinski definition) is 2. The van der Waals surface area contributed by atoms with Crippen molar-refractivity contribution in [3.8, 4) is 0 Å². The number of amides is 1. The van der Waals surface area contributed by atoms with Crippen molar-refractivity contribution in [1.29, 1.82) is 0 Å². The third kappa shape index (κ3) is 6.95. The molecule has 0 aromatic heterocycles. The molecular weight excluding hydrogens is 236 g/mol. The number of nitrogens with zero attached hydrogens (tertiary/aromatic N) is 1. The second kappa shape index (κ2) is 10.2. The van der Waals surface area contributed by atoms with Crippen LogP contribution < -0.4 is 5.73 Å². The molecule has 0 bridgehead atoms. The van der Waals surface area contributed by atoms with E-state index in [1.54, 1.807) is 6.92 Å². The van der Waals surface area contributed by atoms with Crippen LogP contribution in [0.3, 0.4) is 0 Å². The summed E-state index contributed by atoms with van der Waals surface area (Å²) >= 11 is 0. The molecule has 3 heteroatoms. The normalized spacial score (nSPS) is 20.3. The highest BCUT2D eigenvalue weighted by molar-refractivity contribution is 5.73. The molecule has 0 spiro atoms. The molecule has 1 rings (SSSR count). The zero-order chi connectivity index (χ0) is 13.9. The van der Waals surface area contributed by atoms with Crippen LogP contribution in [0.25, 0.3) is 0 Å². The molecule has 1 amide bonds. The molecule has 3 nitrogen and oxygen atoms in total. The molecule has 0 aliphatic heterocycles. The first-order valence-corrected chi connectivity index (χ1v) is 8.23. The number of nitrogens with two attached hydrogens (primary N) is 1. The predicted molar refractivity (Wildman–Crippen MR) is 81.0 cm³/mol. The van der Waals surface area contributed by atoms with E-state index in [2.05, 4.69) is 0 Å². The fourth-order valence-electron chi connectivity index (χ4n) is 3.19. The zero-order valence-corrected chi connectivity index (χ0v) is 12.7. The minimum Gasteiger partial charge on any atom is -0.339 e. The van der Waals surface area contributed by atoms with Crippen molar-refractivity contribution in [3.63, 3.8) is 0 Å². The van der Waals surface area contributed by atoms with Crippen molar-refractivity contribution < 1.29 is 4.79 Å². The molecule has 0 atom stereocenters. The predicted octanol–water partition coefficient (Wildman–Crippen LogP) is 3.47. The topological polar surface area (TPSA) is 46.3 Å². The minimum atomic E-state index is 0.197. The van der Waals surface area contributed by atoms with E-state index < -0.39 is 0 Å². The standard InChI is InChI=1S/C16H32N2O/c1-15(19)18(14-13-17)16-11-9-7-5-3-2-4-6-8-10-12-16/h16H,2-14,17H2,1H3. The van der Waals surface area contributed by atoms with Gasteiger partial charge in [-0.2, -0.15) is 0 Å². The van der Waals surface area contributed by atoms with Crippen molar-refractivity contribution >= 4 is 5.91 Å². The quantitative estimate of drug-likeness (QED) is 0.852. The second-order valence-electron chi connectivity index (χ2n) is 5.91. The SMILES string of the molecule is CC(=O)N(CCN)C1CCCCCCCCCCC1. The molecule has 2 N–H and O–H groups in total. The summed E-state index contributed by atoms with van der Waals surface area (Å²) < 4.78 is 0. The third-order valence-electron chi connectivity index (χ3n) is 4.29. The Bertz CT molecular complexity index is 231. The van der Waals surface area contributed by atoms with Crippen molar-refractivity contribution in [1.82, 2.24) is 4.90 Å². The Morgan fingerprint density at radius 2 is 1.37 bits per heavy atom. The fraction of sp³-hybridized carbons (Fsp3) is 0.938. The molecule has 0 heterocycles. The Hall–Kier alpha value is -0.570. The monoisotopic (exact) mass is 268 g/mol. The summed E-state index contributed by atoms with van der Waals surface area (Å²) in [5.74, 6) is 0.197. The Morgan fingerprint density at radius 3 is 1.74 bits per heavy atom. The number of hydrogen-bond donors (Lipinski definition) is 1. The van der Waals surface area contributed by atoms with E-state index in [1.165, 1.54) is 70.6 Å². The lowest BCUT2D eigenvalue weighted by Gasteiger charge is -2.31. The molecule has 0 aromatic rings. The first kappa shape index (κ1) is 16.5. The average Bonchev–Trinajstić information content (AvgIpc) is 2.37. The summed E-state index contributed by atoms with van der Waals surface area (Å²) in [5.41, 5.74) is 5.65.